The fraction of sp³-hybridized carbons (Fsp3) is 0.889. The van der Waals surface area contributed by atoms with Crippen LogP contribution in [0.1, 0.15) is 31.6 Å². The molecule has 6 nitrogen and oxygen atoms in total. The molecule has 0 radical (unpaired) electrons. The van der Waals surface area contributed by atoms with Gasteiger partial charge in [0.2, 0.25) is 0 Å². The zero-order chi connectivity index (χ0) is 10.7. The van der Waals surface area contributed by atoms with Crippen LogP contribution in [-0.2, 0) is 6.54 Å². The van der Waals surface area contributed by atoms with Crippen LogP contribution in [-0.4, -0.2) is 49.9 Å². The fourth-order valence-electron chi connectivity index (χ4n) is 1.61. The van der Waals surface area contributed by atoms with Gasteiger partial charge in [-0.1, -0.05) is 6.92 Å². The Balaban J connectivity index is 1.98. The van der Waals surface area contributed by atoms with Crippen molar-refractivity contribution in [2.24, 2.45) is 0 Å². The normalized spacial score (nSPS) is 16.2. The number of nitrogens with zero attached hydrogens (tertiary/aromatic N) is 5. The molecule has 84 valence electrons. The second-order valence-electron chi connectivity index (χ2n) is 3.86. The maximum absolute atomic E-state index is 8.89. The molecule has 0 bridgehead atoms. The summed E-state index contributed by atoms with van der Waals surface area (Å²) < 4.78 is 1.92. The number of hydrogen-bond donors (Lipinski definition) is 1. The number of rotatable bonds is 6. The number of aliphatic hydroxyl groups is 1. The first-order valence-electron chi connectivity index (χ1n) is 5.45. The van der Waals surface area contributed by atoms with Crippen LogP contribution in [0.5, 0.6) is 0 Å². The van der Waals surface area contributed by atoms with Gasteiger partial charge in [0.1, 0.15) is 0 Å². The summed E-state index contributed by atoms with van der Waals surface area (Å²) in [4.78, 5) is 2.13. The number of tetrazole rings is 1. The Morgan fingerprint density at radius 1 is 1.53 bits per heavy atom. The first-order valence-corrected chi connectivity index (χ1v) is 5.45. The summed E-state index contributed by atoms with van der Waals surface area (Å²) in [5.74, 6) is 0.910. The van der Waals surface area contributed by atoms with Crippen LogP contribution in [0.2, 0.25) is 0 Å². The van der Waals surface area contributed by atoms with Crippen molar-refractivity contribution >= 4 is 0 Å². The fourth-order valence-corrected chi connectivity index (χ4v) is 1.61. The van der Waals surface area contributed by atoms with E-state index in [2.05, 4.69) is 27.3 Å². The minimum Gasteiger partial charge on any atom is -0.395 e. The van der Waals surface area contributed by atoms with E-state index in [0.717, 1.165) is 18.9 Å². The van der Waals surface area contributed by atoms with Crippen molar-refractivity contribution in [3.05, 3.63) is 5.82 Å². The molecule has 1 heterocycles. The second kappa shape index (κ2) is 4.67. The lowest BCUT2D eigenvalue weighted by Gasteiger charge is -2.17. The molecule has 0 aromatic carbocycles. The molecule has 0 amide bonds. The molecule has 1 aliphatic rings. The molecule has 0 unspecified atom stereocenters. The number of aliphatic hydroxyl groups excluding tert-OH is 1. The van der Waals surface area contributed by atoms with Crippen LogP contribution in [0.3, 0.4) is 0 Å². The van der Waals surface area contributed by atoms with E-state index in [4.69, 9.17) is 5.11 Å². The Labute approximate surface area is 88.9 Å². The average molecular weight is 211 g/mol. The van der Waals surface area contributed by atoms with Crippen LogP contribution in [0, 0.1) is 0 Å². The van der Waals surface area contributed by atoms with Crippen molar-refractivity contribution in [1.29, 1.82) is 0 Å². The highest BCUT2D eigenvalue weighted by Gasteiger charge is 2.27. The quantitative estimate of drug-likeness (QED) is 0.707. The van der Waals surface area contributed by atoms with E-state index < -0.39 is 0 Å². The number of likely N-dealkylation sites (N-methyl/N-ethyl adjacent to an activating group) is 1. The molecule has 1 saturated carbocycles. The molecule has 15 heavy (non-hydrogen) atoms. The van der Waals surface area contributed by atoms with E-state index in [1.165, 1.54) is 12.8 Å². The van der Waals surface area contributed by atoms with E-state index in [1.54, 1.807) is 0 Å². The minimum atomic E-state index is 0.179. The Morgan fingerprint density at radius 3 is 2.93 bits per heavy atom. The third kappa shape index (κ3) is 2.51. The topological polar surface area (TPSA) is 67.1 Å². The van der Waals surface area contributed by atoms with Gasteiger partial charge >= 0.3 is 0 Å². The van der Waals surface area contributed by atoms with Gasteiger partial charge in [0.15, 0.2) is 5.82 Å². The van der Waals surface area contributed by atoms with Crippen LogP contribution in [0.15, 0.2) is 0 Å². The summed E-state index contributed by atoms with van der Waals surface area (Å²) in [5, 5.41) is 20.6. The highest BCUT2D eigenvalue weighted by molar-refractivity contribution is 4.90. The van der Waals surface area contributed by atoms with Crippen molar-refractivity contribution in [2.45, 2.75) is 32.4 Å². The van der Waals surface area contributed by atoms with E-state index in [0.29, 0.717) is 12.6 Å². The van der Waals surface area contributed by atoms with Gasteiger partial charge in [-0.25, -0.2) is 4.68 Å². The highest BCUT2D eigenvalue weighted by Crippen LogP contribution is 2.34. The van der Waals surface area contributed by atoms with Gasteiger partial charge in [-0.3, -0.25) is 4.90 Å². The molecule has 0 saturated heterocycles. The largest absolute Gasteiger partial charge is 0.395 e. The minimum absolute atomic E-state index is 0.179. The van der Waals surface area contributed by atoms with Gasteiger partial charge < -0.3 is 5.11 Å². The van der Waals surface area contributed by atoms with Gasteiger partial charge in [0.05, 0.1) is 19.2 Å². The summed E-state index contributed by atoms with van der Waals surface area (Å²) >= 11 is 0. The smallest absolute Gasteiger partial charge is 0.165 e. The van der Waals surface area contributed by atoms with Crippen LogP contribution >= 0.6 is 0 Å². The second-order valence-corrected chi connectivity index (χ2v) is 3.86. The number of hydrogen-bond acceptors (Lipinski definition) is 5. The maximum atomic E-state index is 8.89. The third-order valence-corrected chi connectivity index (χ3v) is 2.68. The standard InChI is InChI=1S/C9H17N5O/c1-2-13(5-6-15)7-9-10-11-12-14(9)8-3-4-8/h8,15H,2-7H2,1H3. The highest BCUT2D eigenvalue weighted by atomic mass is 16.3. The predicted octanol–water partition coefficient (Wildman–Crippen LogP) is -0.178. The van der Waals surface area contributed by atoms with E-state index in [-0.39, 0.29) is 6.61 Å². The lowest BCUT2D eigenvalue weighted by atomic mass is 10.4. The first-order chi connectivity index (χ1) is 7.35. The summed E-state index contributed by atoms with van der Waals surface area (Å²) in [6.07, 6.45) is 2.37. The van der Waals surface area contributed by atoms with Crippen molar-refractivity contribution in [3.8, 4) is 0 Å². The van der Waals surface area contributed by atoms with Crippen molar-refractivity contribution in [3.63, 3.8) is 0 Å². The molecule has 1 N–H and O–H groups in total. The molecule has 0 atom stereocenters. The summed E-state index contributed by atoms with van der Waals surface area (Å²) in [5.41, 5.74) is 0. The molecule has 1 aliphatic carbocycles. The van der Waals surface area contributed by atoms with E-state index in [9.17, 15) is 0 Å². The summed E-state index contributed by atoms with van der Waals surface area (Å²) in [7, 11) is 0. The SMILES string of the molecule is CCN(CCO)Cc1nnnn1C1CC1. The zero-order valence-electron chi connectivity index (χ0n) is 9.00. The van der Waals surface area contributed by atoms with Gasteiger partial charge in [0.25, 0.3) is 0 Å². The van der Waals surface area contributed by atoms with Crippen LogP contribution in [0.4, 0.5) is 0 Å². The number of aromatic nitrogens is 4. The molecular weight excluding hydrogens is 194 g/mol. The molecule has 2 rings (SSSR count). The van der Waals surface area contributed by atoms with Crippen molar-refractivity contribution in [1.82, 2.24) is 25.1 Å². The van der Waals surface area contributed by atoms with Gasteiger partial charge in [0, 0.05) is 6.54 Å². The van der Waals surface area contributed by atoms with Gasteiger partial charge in [-0.2, -0.15) is 0 Å². The average Bonchev–Trinajstić information content (AvgIpc) is 2.99. The third-order valence-electron chi connectivity index (χ3n) is 2.68. The monoisotopic (exact) mass is 211 g/mol. The molecule has 6 heteroatoms. The molecule has 0 aliphatic heterocycles. The van der Waals surface area contributed by atoms with Crippen molar-refractivity contribution in [2.75, 3.05) is 19.7 Å². The molecule has 1 aromatic rings. The predicted molar refractivity (Wildman–Crippen MR) is 54.1 cm³/mol. The first kappa shape index (κ1) is 10.5. The Bertz CT molecular complexity index is 309. The molecule has 1 aromatic heterocycles. The van der Waals surface area contributed by atoms with E-state index >= 15 is 0 Å². The van der Waals surface area contributed by atoms with Crippen LogP contribution < -0.4 is 0 Å². The van der Waals surface area contributed by atoms with Crippen LogP contribution in [0.25, 0.3) is 0 Å². The zero-order valence-corrected chi connectivity index (χ0v) is 9.00. The summed E-state index contributed by atoms with van der Waals surface area (Å²) in [6.45, 7) is 4.55. The molecular formula is C9H17N5O. The van der Waals surface area contributed by atoms with Gasteiger partial charge in [-0.05, 0) is 29.8 Å². The molecule has 0 spiro atoms. The van der Waals surface area contributed by atoms with E-state index in [1.807, 2.05) is 4.68 Å². The van der Waals surface area contributed by atoms with Crippen molar-refractivity contribution < 1.29 is 5.11 Å². The lowest BCUT2D eigenvalue weighted by Crippen LogP contribution is -2.27. The Hall–Kier alpha value is -1.01. The summed E-state index contributed by atoms with van der Waals surface area (Å²) in [6, 6.07) is 0.517. The lowest BCUT2D eigenvalue weighted by molar-refractivity contribution is 0.191. The maximum Gasteiger partial charge on any atom is 0.165 e. The Kier molecular flexibility index (Phi) is 3.27. The molecule has 1 fully saturated rings. The van der Waals surface area contributed by atoms with Gasteiger partial charge in [-0.15, -0.1) is 5.10 Å². The Morgan fingerprint density at radius 2 is 2.33 bits per heavy atom.